The first-order valence-electron chi connectivity index (χ1n) is 6.78. The van der Waals surface area contributed by atoms with E-state index in [9.17, 15) is 13.6 Å². The van der Waals surface area contributed by atoms with Gasteiger partial charge < -0.3 is 9.84 Å². The van der Waals surface area contributed by atoms with Gasteiger partial charge in [-0.15, -0.1) is 0 Å². The molecule has 1 amide bonds. The van der Waals surface area contributed by atoms with E-state index >= 15 is 0 Å². The molecule has 1 atom stereocenters. The zero-order valence-corrected chi connectivity index (χ0v) is 11.5. The quantitative estimate of drug-likeness (QED) is 0.923. The van der Waals surface area contributed by atoms with Crippen molar-refractivity contribution in [1.82, 2.24) is 5.16 Å². The van der Waals surface area contributed by atoms with E-state index < -0.39 is 17.5 Å². The highest BCUT2D eigenvalue weighted by Gasteiger charge is 2.27. The maximum Gasteiger partial charge on any atom is 0.278 e. The number of halogens is 2. The maximum atomic E-state index is 13.5. The molecule has 1 aliphatic carbocycles. The van der Waals surface area contributed by atoms with E-state index in [1.54, 1.807) is 0 Å². The Morgan fingerprint density at radius 3 is 3.05 bits per heavy atom. The highest BCUT2D eigenvalue weighted by atomic mass is 19.1. The van der Waals surface area contributed by atoms with Gasteiger partial charge in [0.1, 0.15) is 17.4 Å². The molecule has 1 aliphatic rings. The number of nitrogens with zero attached hydrogens (tertiary/aromatic N) is 1. The van der Waals surface area contributed by atoms with Crippen molar-refractivity contribution in [2.45, 2.75) is 26.2 Å². The van der Waals surface area contributed by atoms with Crippen LogP contribution in [-0.4, -0.2) is 11.1 Å². The van der Waals surface area contributed by atoms with Crippen molar-refractivity contribution in [2.75, 3.05) is 5.32 Å². The number of carbonyl (C=O) groups excluding carboxylic acids is 1. The number of aromatic nitrogens is 1. The number of amides is 1. The molecule has 0 fully saturated rings. The number of anilines is 1. The summed E-state index contributed by atoms with van der Waals surface area (Å²) in [5.74, 6) is -0.760. The average Bonchev–Trinajstić information content (AvgIpc) is 2.85. The van der Waals surface area contributed by atoms with Gasteiger partial charge in [-0.25, -0.2) is 8.78 Å². The van der Waals surface area contributed by atoms with Crippen molar-refractivity contribution in [3.8, 4) is 0 Å². The molecule has 6 heteroatoms. The standard InChI is InChI=1S/C15H14F2N2O2/c1-8-2-5-13-10(6-8)14(19-21-13)15(20)18-12-7-9(16)3-4-11(12)17/h3-4,7-8H,2,5-6H2,1H3,(H,18,20). The summed E-state index contributed by atoms with van der Waals surface area (Å²) in [5.41, 5.74) is 0.712. The first-order chi connectivity index (χ1) is 10.0. The van der Waals surface area contributed by atoms with Crippen LogP contribution in [0.5, 0.6) is 0 Å². The van der Waals surface area contributed by atoms with Crippen LogP contribution in [-0.2, 0) is 12.8 Å². The van der Waals surface area contributed by atoms with Gasteiger partial charge in [-0.1, -0.05) is 12.1 Å². The Bertz CT molecular complexity index is 697. The third-order valence-corrected chi connectivity index (χ3v) is 3.68. The summed E-state index contributed by atoms with van der Waals surface area (Å²) in [4.78, 5) is 12.2. The van der Waals surface area contributed by atoms with Crippen LogP contribution >= 0.6 is 0 Å². The van der Waals surface area contributed by atoms with Gasteiger partial charge in [-0.05, 0) is 30.9 Å². The van der Waals surface area contributed by atoms with Crippen LogP contribution in [0.4, 0.5) is 14.5 Å². The van der Waals surface area contributed by atoms with Crippen LogP contribution in [0.1, 0.15) is 35.2 Å². The fraction of sp³-hybridized carbons (Fsp3) is 0.333. The zero-order valence-electron chi connectivity index (χ0n) is 11.5. The molecule has 4 nitrogen and oxygen atoms in total. The molecule has 1 heterocycles. The van der Waals surface area contributed by atoms with Gasteiger partial charge >= 0.3 is 0 Å². The molecule has 0 bridgehead atoms. The van der Waals surface area contributed by atoms with Crippen molar-refractivity contribution in [1.29, 1.82) is 0 Å². The number of hydrogen-bond acceptors (Lipinski definition) is 3. The third kappa shape index (κ3) is 2.66. The lowest BCUT2D eigenvalue weighted by Crippen LogP contribution is -2.18. The Kier molecular flexibility index (Phi) is 3.45. The number of hydrogen-bond donors (Lipinski definition) is 1. The minimum atomic E-state index is -0.699. The molecule has 3 rings (SSSR count). The van der Waals surface area contributed by atoms with E-state index in [4.69, 9.17) is 4.52 Å². The van der Waals surface area contributed by atoms with Gasteiger partial charge in [0.05, 0.1) is 5.69 Å². The molecular weight excluding hydrogens is 278 g/mol. The molecule has 0 saturated heterocycles. The molecule has 0 saturated carbocycles. The Labute approximate surface area is 120 Å². The number of aryl methyl sites for hydroxylation is 1. The smallest absolute Gasteiger partial charge is 0.278 e. The number of fused-ring (bicyclic) bond motifs is 1. The molecule has 2 aromatic rings. The molecule has 0 aliphatic heterocycles. The van der Waals surface area contributed by atoms with Crippen LogP contribution in [0.3, 0.4) is 0 Å². The van der Waals surface area contributed by atoms with Crippen LogP contribution < -0.4 is 5.32 Å². The molecule has 1 aromatic heterocycles. The van der Waals surface area contributed by atoms with Crippen LogP contribution in [0.25, 0.3) is 0 Å². The summed E-state index contributed by atoms with van der Waals surface area (Å²) < 4.78 is 31.8. The molecule has 0 spiro atoms. The first kappa shape index (κ1) is 13.7. The number of rotatable bonds is 2. The van der Waals surface area contributed by atoms with E-state index in [0.717, 1.165) is 36.6 Å². The molecule has 1 aromatic carbocycles. The van der Waals surface area contributed by atoms with Crippen molar-refractivity contribution < 1.29 is 18.1 Å². The molecule has 0 radical (unpaired) electrons. The molecule has 110 valence electrons. The van der Waals surface area contributed by atoms with Crippen molar-refractivity contribution in [3.63, 3.8) is 0 Å². The summed E-state index contributed by atoms with van der Waals surface area (Å²) >= 11 is 0. The van der Waals surface area contributed by atoms with Crippen molar-refractivity contribution >= 4 is 11.6 Å². The second kappa shape index (κ2) is 5.27. The van der Waals surface area contributed by atoms with Crippen LogP contribution in [0, 0.1) is 17.6 Å². The molecule has 1 N–H and O–H groups in total. The van der Waals surface area contributed by atoms with E-state index in [-0.39, 0.29) is 11.4 Å². The van der Waals surface area contributed by atoms with E-state index in [1.807, 2.05) is 0 Å². The normalized spacial score (nSPS) is 17.4. The van der Waals surface area contributed by atoms with Crippen molar-refractivity contribution in [2.24, 2.45) is 5.92 Å². The van der Waals surface area contributed by atoms with Gasteiger partial charge in [0.15, 0.2) is 5.69 Å². The second-order valence-corrected chi connectivity index (χ2v) is 5.36. The summed E-state index contributed by atoms with van der Waals surface area (Å²) in [6.45, 7) is 2.09. The van der Waals surface area contributed by atoms with Gasteiger partial charge in [0, 0.05) is 18.1 Å². The maximum absolute atomic E-state index is 13.5. The highest BCUT2D eigenvalue weighted by Crippen LogP contribution is 2.28. The average molecular weight is 292 g/mol. The Balaban J connectivity index is 1.86. The zero-order chi connectivity index (χ0) is 15.0. The third-order valence-electron chi connectivity index (χ3n) is 3.68. The largest absolute Gasteiger partial charge is 0.360 e. The molecule has 1 unspecified atom stereocenters. The number of benzene rings is 1. The fourth-order valence-corrected chi connectivity index (χ4v) is 2.53. The highest BCUT2D eigenvalue weighted by molar-refractivity contribution is 6.04. The number of nitrogens with one attached hydrogen (secondary N) is 1. The fourth-order valence-electron chi connectivity index (χ4n) is 2.53. The van der Waals surface area contributed by atoms with Crippen molar-refractivity contribution in [3.05, 3.63) is 46.9 Å². The Hall–Kier alpha value is -2.24. The molecular formula is C15H14F2N2O2. The second-order valence-electron chi connectivity index (χ2n) is 5.36. The lowest BCUT2D eigenvalue weighted by atomic mass is 9.88. The SMILES string of the molecule is CC1CCc2onc(C(=O)Nc3cc(F)ccc3F)c2C1. The summed E-state index contributed by atoms with van der Waals surface area (Å²) in [5, 5.41) is 6.12. The summed E-state index contributed by atoms with van der Waals surface area (Å²) in [6, 6.07) is 2.89. The Morgan fingerprint density at radius 1 is 1.43 bits per heavy atom. The summed E-state index contributed by atoms with van der Waals surface area (Å²) in [6.07, 6.45) is 2.43. The van der Waals surface area contributed by atoms with Crippen LogP contribution in [0.15, 0.2) is 22.7 Å². The lowest BCUT2D eigenvalue weighted by Gasteiger charge is -2.16. The Morgan fingerprint density at radius 2 is 2.24 bits per heavy atom. The predicted octanol–water partition coefficient (Wildman–Crippen LogP) is 3.33. The van der Waals surface area contributed by atoms with Gasteiger partial charge in [0.2, 0.25) is 0 Å². The molecule has 21 heavy (non-hydrogen) atoms. The topological polar surface area (TPSA) is 55.1 Å². The van der Waals surface area contributed by atoms with E-state index in [2.05, 4.69) is 17.4 Å². The van der Waals surface area contributed by atoms with Gasteiger partial charge in [0.25, 0.3) is 5.91 Å². The van der Waals surface area contributed by atoms with E-state index in [1.165, 1.54) is 0 Å². The lowest BCUT2D eigenvalue weighted by molar-refractivity contribution is 0.101. The number of carbonyl (C=O) groups is 1. The van der Waals surface area contributed by atoms with Crippen LogP contribution in [0.2, 0.25) is 0 Å². The first-order valence-corrected chi connectivity index (χ1v) is 6.78. The monoisotopic (exact) mass is 292 g/mol. The predicted molar refractivity (Wildman–Crippen MR) is 72.0 cm³/mol. The van der Waals surface area contributed by atoms with Gasteiger partial charge in [-0.3, -0.25) is 4.79 Å². The van der Waals surface area contributed by atoms with Gasteiger partial charge in [-0.2, -0.15) is 0 Å². The van der Waals surface area contributed by atoms with E-state index in [0.29, 0.717) is 18.1 Å². The minimum absolute atomic E-state index is 0.153. The summed E-state index contributed by atoms with van der Waals surface area (Å²) in [7, 11) is 0. The minimum Gasteiger partial charge on any atom is -0.360 e.